The number of anilines is 1. The SMILES string of the molecule is Cc1ccc(S(=O)(=O)N2CC(N)c3ccccc32)cc1. The molecular formula is C15H16N2O2S. The molecule has 0 bridgehead atoms. The Balaban J connectivity index is 2.08. The standard InChI is InChI=1S/C15H16N2O2S/c1-11-6-8-12(9-7-11)20(18,19)17-10-14(16)13-4-2-3-5-15(13)17/h2-9,14H,10,16H2,1H3. The molecule has 2 aromatic carbocycles. The van der Waals surface area contributed by atoms with Gasteiger partial charge in [-0.05, 0) is 30.7 Å². The van der Waals surface area contributed by atoms with Gasteiger partial charge in [0.15, 0.2) is 0 Å². The fraction of sp³-hybridized carbons (Fsp3) is 0.200. The maximum Gasteiger partial charge on any atom is 0.264 e. The van der Waals surface area contributed by atoms with Crippen LogP contribution in [0.25, 0.3) is 0 Å². The van der Waals surface area contributed by atoms with Gasteiger partial charge in [0.2, 0.25) is 0 Å². The number of nitrogens with zero attached hydrogens (tertiary/aromatic N) is 1. The first-order valence-electron chi connectivity index (χ1n) is 6.44. The number of nitrogens with two attached hydrogens (primary N) is 1. The van der Waals surface area contributed by atoms with Crippen LogP contribution >= 0.6 is 0 Å². The van der Waals surface area contributed by atoms with E-state index in [0.717, 1.165) is 11.1 Å². The van der Waals surface area contributed by atoms with Crippen molar-refractivity contribution in [3.8, 4) is 0 Å². The summed E-state index contributed by atoms with van der Waals surface area (Å²) in [4.78, 5) is 0.298. The van der Waals surface area contributed by atoms with Crippen molar-refractivity contribution in [2.45, 2.75) is 17.9 Å². The van der Waals surface area contributed by atoms with Gasteiger partial charge < -0.3 is 5.73 Å². The number of benzene rings is 2. The lowest BCUT2D eigenvalue weighted by Crippen LogP contribution is -2.31. The van der Waals surface area contributed by atoms with E-state index < -0.39 is 10.0 Å². The zero-order chi connectivity index (χ0) is 14.3. The highest BCUT2D eigenvalue weighted by atomic mass is 32.2. The summed E-state index contributed by atoms with van der Waals surface area (Å²) < 4.78 is 26.8. The lowest BCUT2D eigenvalue weighted by Gasteiger charge is -2.19. The average Bonchev–Trinajstić information content (AvgIpc) is 2.78. The Bertz CT molecular complexity index is 739. The number of sulfonamides is 1. The minimum absolute atomic E-state index is 0.272. The highest BCUT2D eigenvalue weighted by molar-refractivity contribution is 7.92. The molecule has 0 saturated carbocycles. The number of aryl methyl sites for hydroxylation is 1. The summed E-state index contributed by atoms with van der Waals surface area (Å²) in [5.41, 5.74) is 8.62. The molecule has 0 spiro atoms. The van der Waals surface area contributed by atoms with Crippen molar-refractivity contribution in [2.75, 3.05) is 10.8 Å². The second kappa shape index (κ2) is 4.61. The molecule has 0 fully saturated rings. The van der Waals surface area contributed by atoms with Gasteiger partial charge in [-0.25, -0.2) is 8.42 Å². The molecule has 1 aliphatic heterocycles. The van der Waals surface area contributed by atoms with Gasteiger partial charge in [-0.3, -0.25) is 4.31 Å². The second-order valence-electron chi connectivity index (χ2n) is 5.01. The van der Waals surface area contributed by atoms with Crippen molar-refractivity contribution in [3.05, 3.63) is 59.7 Å². The fourth-order valence-electron chi connectivity index (χ4n) is 2.47. The van der Waals surface area contributed by atoms with Crippen molar-refractivity contribution < 1.29 is 8.42 Å². The summed E-state index contributed by atoms with van der Waals surface area (Å²) in [6, 6.07) is 14.0. The predicted octanol–water partition coefficient (Wildman–Crippen LogP) is 2.20. The van der Waals surface area contributed by atoms with Crippen molar-refractivity contribution in [1.82, 2.24) is 0 Å². The highest BCUT2D eigenvalue weighted by Crippen LogP contribution is 2.36. The molecule has 0 aromatic heterocycles. The van der Waals surface area contributed by atoms with E-state index in [4.69, 9.17) is 5.73 Å². The van der Waals surface area contributed by atoms with E-state index in [0.29, 0.717) is 10.6 Å². The number of hydrogen-bond acceptors (Lipinski definition) is 3. The van der Waals surface area contributed by atoms with Gasteiger partial charge in [-0.2, -0.15) is 0 Å². The van der Waals surface area contributed by atoms with E-state index >= 15 is 0 Å². The Hall–Kier alpha value is -1.85. The van der Waals surface area contributed by atoms with E-state index in [9.17, 15) is 8.42 Å². The molecule has 1 aliphatic rings. The maximum absolute atomic E-state index is 12.7. The minimum Gasteiger partial charge on any atom is -0.322 e. The van der Waals surface area contributed by atoms with Crippen LogP contribution in [0.1, 0.15) is 17.2 Å². The van der Waals surface area contributed by atoms with Crippen LogP contribution in [-0.2, 0) is 10.0 Å². The molecule has 104 valence electrons. The lowest BCUT2D eigenvalue weighted by molar-refractivity contribution is 0.589. The molecule has 0 radical (unpaired) electrons. The van der Waals surface area contributed by atoms with Gasteiger partial charge in [-0.1, -0.05) is 35.9 Å². The fourth-order valence-corrected chi connectivity index (χ4v) is 3.99. The van der Waals surface area contributed by atoms with Gasteiger partial charge in [0.25, 0.3) is 10.0 Å². The number of rotatable bonds is 2. The Labute approximate surface area is 118 Å². The minimum atomic E-state index is -3.55. The predicted molar refractivity (Wildman–Crippen MR) is 79.1 cm³/mol. The lowest BCUT2D eigenvalue weighted by atomic mass is 10.1. The first kappa shape index (κ1) is 13.1. The molecule has 2 N–H and O–H groups in total. The molecule has 0 saturated heterocycles. The molecule has 1 atom stereocenters. The third kappa shape index (κ3) is 1.99. The molecule has 0 aliphatic carbocycles. The van der Waals surface area contributed by atoms with Crippen LogP contribution in [0.4, 0.5) is 5.69 Å². The van der Waals surface area contributed by atoms with Gasteiger partial charge in [-0.15, -0.1) is 0 Å². The monoisotopic (exact) mass is 288 g/mol. The molecule has 5 heteroatoms. The molecule has 1 heterocycles. The first-order valence-corrected chi connectivity index (χ1v) is 7.88. The number of para-hydroxylation sites is 1. The van der Waals surface area contributed by atoms with E-state index in [2.05, 4.69) is 0 Å². The van der Waals surface area contributed by atoms with Gasteiger partial charge in [0, 0.05) is 0 Å². The van der Waals surface area contributed by atoms with Gasteiger partial charge in [0.1, 0.15) is 0 Å². The smallest absolute Gasteiger partial charge is 0.264 e. The van der Waals surface area contributed by atoms with Crippen LogP contribution in [0.3, 0.4) is 0 Å². The topological polar surface area (TPSA) is 63.4 Å². The van der Waals surface area contributed by atoms with Crippen molar-refractivity contribution in [1.29, 1.82) is 0 Å². The molecule has 4 nitrogen and oxygen atoms in total. The van der Waals surface area contributed by atoms with Gasteiger partial charge in [0.05, 0.1) is 23.2 Å². The Morgan fingerprint density at radius 2 is 1.75 bits per heavy atom. The summed E-state index contributed by atoms with van der Waals surface area (Å²) in [6.45, 7) is 2.22. The van der Waals surface area contributed by atoms with Crippen molar-refractivity contribution in [2.24, 2.45) is 5.73 Å². The zero-order valence-electron chi connectivity index (χ0n) is 11.2. The zero-order valence-corrected chi connectivity index (χ0v) is 12.0. The van der Waals surface area contributed by atoms with Crippen LogP contribution in [0.15, 0.2) is 53.4 Å². The third-order valence-electron chi connectivity index (χ3n) is 3.58. The molecular weight excluding hydrogens is 272 g/mol. The van der Waals surface area contributed by atoms with Crippen LogP contribution in [0.2, 0.25) is 0 Å². The van der Waals surface area contributed by atoms with E-state index in [-0.39, 0.29) is 12.6 Å². The van der Waals surface area contributed by atoms with E-state index in [1.165, 1.54) is 4.31 Å². The summed E-state index contributed by atoms with van der Waals surface area (Å²) in [5, 5.41) is 0. The summed E-state index contributed by atoms with van der Waals surface area (Å²) in [7, 11) is -3.55. The first-order chi connectivity index (χ1) is 9.50. The quantitative estimate of drug-likeness (QED) is 0.921. The van der Waals surface area contributed by atoms with Crippen LogP contribution < -0.4 is 10.0 Å². The molecule has 0 amide bonds. The summed E-state index contributed by atoms with van der Waals surface area (Å²) in [6.07, 6.45) is 0. The van der Waals surface area contributed by atoms with Crippen LogP contribution in [0.5, 0.6) is 0 Å². The summed E-state index contributed by atoms with van der Waals surface area (Å²) >= 11 is 0. The van der Waals surface area contributed by atoms with Crippen LogP contribution in [-0.4, -0.2) is 15.0 Å². The summed E-state index contributed by atoms with van der Waals surface area (Å²) in [5.74, 6) is 0. The average molecular weight is 288 g/mol. The maximum atomic E-state index is 12.7. The second-order valence-corrected chi connectivity index (χ2v) is 6.88. The highest BCUT2D eigenvalue weighted by Gasteiger charge is 2.34. The third-order valence-corrected chi connectivity index (χ3v) is 5.37. The van der Waals surface area contributed by atoms with Crippen molar-refractivity contribution >= 4 is 15.7 Å². The largest absolute Gasteiger partial charge is 0.322 e. The number of fused-ring (bicyclic) bond motifs is 1. The Kier molecular flexibility index (Phi) is 3.03. The van der Waals surface area contributed by atoms with Crippen LogP contribution in [0, 0.1) is 6.92 Å². The van der Waals surface area contributed by atoms with E-state index in [1.807, 2.05) is 25.1 Å². The van der Waals surface area contributed by atoms with Crippen molar-refractivity contribution in [3.63, 3.8) is 0 Å². The molecule has 20 heavy (non-hydrogen) atoms. The van der Waals surface area contributed by atoms with E-state index in [1.54, 1.807) is 30.3 Å². The molecule has 2 aromatic rings. The van der Waals surface area contributed by atoms with Gasteiger partial charge >= 0.3 is 0 Å². The Morgan fingerprint density at radius 1 is 1.10 bits per heavy atom. The molecule has 1 unspecified atom stereocenters. The molecule has 3 rings (SSSR count). The Morgan fingerprint density at radius 3 is 2.45 bits per heavy atom. The normalized spacial score (nSPS) is 18.1. The number of hydrogen-bond donors (Lipinski definition) is 1.